The molecule has 0 saturated heterocycles. The van der Waals surface area contributed by atoms with Gasteiger partial charge in [0.25, 0.3) is 0 Å². The fourth-order valence-corrected chi connectivity index (χ4v) is 0.351. The summed E-state index contributed by atoms with van der Waals surface area (Å²) < 4.78 is 2.50. The molecule has 0 bridgehead atoms. The van der Waals surface area contributed by atoms with Gasteiger partial charge in [-0.25, -0.2) is 4.79 Å². The number of carbonyl (C=O) groups excluding carboxylic acids is 2. The molecule has 0 fully saturated rings. The third kappa shape index (κ3) is 6.13. The van der Waals surface area contributed by atoms with Gasteiger partial charge in [0, 0.05) is 0 Å². The Morgan fingerprint density at radius 3 is 2.30 bits per heavy atom. The van der Waals surface area contributed by atoms with Gasteiger partial charge in [0.05, 0.1) is 0 Å². The molecule has 0 spiro atoms. The summed E-state index contributed by atoms with van der Waals surface area (Å²) in [6.07, 6.45) is -0.00356. The van der Waals surface area contributed by atoms with E-state index in [2.05, 4.69) is 4.74 Å². The highest BCUT2D eigenvalue weighted by Gasteiger charge is 2.21. The number of hydrogen-bond acceptors (Lipinski definition) is 3. The highest BCUT2D eigenvalue weighted by atomic mass is 35.6. The van der Waals surface area contributed by atoms with Crippen molar-refractivity contribution in [2.24, 2.45) is 0 Å². The second kappa shape index (κ2) is 4.01. The molecule has 0 aliphatic rings. The summed E-state index contributed by atoms with van der Waals surface area (Å²) in [6, 6.07) is 0. The van der Waals surface area contributed by atoms with E-state index in [1.807, 2.05) is 0 Å². The van der Waals surface area contributed by atoms with Crippen LogP contribution in [0.4, 0.5) is 0 Å². The number of rotatable bonds is 2. The van der Waals surface area contributed by atoms with E-state index in [9.17, 15) is 9.59 Å². The number of aldehydes is 1. The lowest BCUT2D eigenvalue weighted by molar-refractivity contribution is -0.148. The molecule has 0 unspecified atom stereocenters. The quantitative estimate of drug-likeness (QED) is 0.293. The first-order valence-electron chi connectivity index (χ1n) is 2.14. The molecule has 0 amide bonds. The molecule has 0 N–H and O–H groups in total. The maximum Gasteiger partial charge on any atom is 0.371 e. The maximum atomic E-state index is 10.1. The molecule has 0 atom stereocenters. The first-order chi connectivity index (χ1) is 4.45. The molecule has 3 nitrogen and oxygen atoms in total. The van der Waals surface area contributed by atoms with Crippen molar-refractivity contribution in [2.75, 3.05) is 6.61 Å². The highest BCUT2D eigenvalue weighted by molar-refractivity contribution is 6.67. The second-order valence-corrected chi connectivity index (χ2v) is 3.86. The largest absolute Gasteiger partial charge is 0.456 e. The van der Waals surface area contributed by atoms with E-state index < -0.39 is 16.4 Å². The lowest BCUT2D eigenvalue weighted by atomic mass is 10.7. The maximum absolute atomic E-state index is 10.1. The van der Waals surface area contributed by atoms with Gasteiger partial charge in [-0.15, -0.1) is 0 Å². The summed E-state index contributed by atoms with van der Waals surface area (Å²) in [5.74, 6) is -1.05. The van der Waals surface area contributed by atoms with E-state index in [0.29, 0.717) is 0 Å². The van der Waals surface area contributed by atoms with Crippen LogP contribution in [0, 0.1) is 0 Å². The summed E-state index contributed by atoms with van der Waals surface area (Å²) in [6.45, 7) is -0.421. The van der Waals surface area contributed by atoms with E-state index in [-0.39, 0.29) is 6.29 Å². The molecule has 0 aromatic heterocycles. The Morgan fingerprint density at radius 1 is 1.50 bits per heavy atom. The van der Waals surface area contributed by atoms with Gasteiger partial charge in [0.2, 0.25) is 10.1 Å². The molecular formula is C4H3Cl3O3. The Balaban J connectivity index is 3.55. The summed E-state index contributed by atoms with van der Waals surface area (Å²) in [4.78, 5) is 19.7. The fraction of sp³-hybridized carbons (Fsp3) is 0.500. The lowest BCUT2D eigenvalue weighted by Gasteiger charge is -2.08. The van der Waals surface area contributed by atoms with Crippen LogP contribution in [0.25, 0.3) is 0 Å². The van der Waals surface area contributed by atoms with Crippen LogP contribution in [0.5, 0.6) is 0 Å². The van der Waals surface area contributed by atoms with E-state index in [0.717, 1.165) is 0 Å². The van der Waals surface area contributed by atoms with E-state index >= 15 is 0 Å². The Bertz CT molecular complexity index is 139. The first kappa shape index (κ1) is 10.0. The minimum Gasteiger partial charge on any atom is -0.456 e. The van der Waals surface area contributed by atoms with Gasteiger partial charge < -0.3 is 4.74 Å². The number of halogens is 3. The van der Waals surface area contributed by atoms with Crippen molar-refractivity contribution in [2.45, 2.75) is 3.79 Å². The third-order valence-corrected chi connectivity index (χ3v) is 0.802. The summed E-state index contributed by atoms with van der Waals surface area (Å²) in [5.41, 5.74) is 0. The molecule has 0 radical (unpaired) electrons. The summed E-state index contributed by atoms with van der Waals surface area (Å²) in [7, 11) is 0. The van der Waals surface area contributed by atoms with Crippen molar-refractivity contribution in [3.8, 4) is 0 Å². The number of hydrogen-bond donors (Lipinski definition) is 0. The third-order valence-electron chi connectivity index (χ3n) is 0.474. The predicted molar refractivity (Wildman–Crippen MR) is 37.3 cm³/mol. The predicted octanol–water partition coefficient (Wildman–Crippen LogP) is 1.10. The molecule has 0 heterocycles. The van der Waals surface area contributed by atoms with Gasteiger partial charge in [-0.3, -0.25) is 4.79 Å². The smallest absolute Gasteiger partial charge is 0.371 e. The number of carbonyl (C=O) groups is 2. The van der Waals surface area contributed by atoms with Crippen molar-refractivity contribution in [3.05, 3.63) is 0 Å². The zero-order valence-corrected chi connectivity index (χ0v) is 6.91. The minimum atomic E-state index is -1.65. The number of esters is 1. The topological polar surface area (TPSA) is 43.4 Å². The second-order valence-electron chi connectivity index (χ2n) is 1.34. The lowest BCUT2D eigenvalue weighted by Crippen LogP contribution is -2.17. The van der Waals surface area contributed by atoms with Crippen molar-refractivity contribution < 1.29 is 14.3 Å². The van der Waals surface area contributed by atoms with Gasteiger partial charge in [0.1, 0.15) is 6.61 Å². The molecule has 0 saturated carbocycles. The monoisotopic (exact) mass is 204 g/mol. The van der Waals surface area contributed by atoms with Crippen LogP contribution in [0.1, 0.15) is 0 Å². The summed E-state index contributed by atoms with van der Waals surface area (Å²) in [5, 5.41) is 0. The minimum absolute atomic E-state index is 0.00356. The average Bonchev–Trinajstić information content (AvgIpc) is 1.81. The normalized spacial score (nSPS) is 10.7. The Kier molecular flexibility index (Phi) is 4.01. The zero-order chi connectivity index (χ0) is 8.20. The molecule has 58 valence electrons. The van der Waals surface area contributed by atoms with Crippen LogP contribution in [0.3, 0.4) is 0 Å². The van der Waals surface area contributed by atoms with Crippen molar-refractivity contribution in [1.29, 1.82) is 0 Å². The van der Waals surface area contributed by atoms with E-state index in [1.54, 1.807) is 0 Å². The molecule has 0 aromatic rings. The summed E-state index contributed by atoms with van der Waals surface area (Å²) >= 11 is 15.5. The van der Waals surface area contributed by atoms with Crippen LogP contribution in [0.2, 0.25) is 0 Å². The van der Waals surface area contributed by atoms with E-state index in [1.165, 1.54) is 0 Å². The molecule has 0 aliphatic heterocycles. The van der Waals surface area contributed by atoms with Crippen LogP contribution in [-0.4, -0.2) is 22.7 Å². The molecule has 0 aliphatic carbocycles. The highest BCUT2D eigenvalue weighted by Crippen LogP contribution is 2.25. The Labute approximate surface area is 72.2 Å². The number of alkyl halides is 3. The Hall–Kier alpha value is 0.01000. The molecule has 0 aromatic carbocycles. The zero-order valence-electron chi connectivity index (χ0n) is 4.64. The van der Waals surface area contributed by atoms with Crippen LogP contribution < -0.4 is 0 Å². The fourth-order valence-electron chi connectivity index (χ4n) is 0.187. The SMILES string of the molecule is O=CC(=O)OCC(Cl)(Cl)Cl. The standard InChI is InChI=1S/C4H3Cl3O3/c5-4(6,7)2-10-3(9)1-8/h1H,2H2. The molecule has 0 rings (SSSR count). The van der Waals surface area contributed by atoms with Gasteiger partial charge in [-0.2, -0.15) is 0 Å². The average molecular weight is 205 g/mol. The van der Waals surface area contributed by atoms with Crippen molar-refractivity contribution in [3.63, 3.8) is 0 Å². The van der Waals surface area contributed by atoms with E-state index in [4.69, 9.17) is 34.8 Å². The Morgan fingerprint density at radius 2 is 2.00 bits per heavy atom. The van der Waals surface area contributed by atoms with Gasteiger partial charge >= 0.3 is 5.97 Å². The van der Waals surface area contributed by atoms with Crippen LogP contribution in [-0.2, 0) is 14.3 Å². The van der Waals surface area contributed by atoms with Crippen LogP contribution in [0.15, 0.2) is 0 Å². The molecule has 10 heavy (non-hydrogen) atoms. The number of ether oxygens (including phenoxy) is 1. The van der Waals surface area contributed by atoms with Crippen LogP contribution >= 0.6 is 34.8 Å². The van der Waals surface area contributed by atoms with Crippen molar-refractivity contribution >= 4 is 47.1 Å². The molecule has 6 heteroatoms. The first-order valence-corrected chi connectivity index (χ1v) is 3.28. The van der Waals surface area contributed by atoms with Gasteiger partial charge in [-0.05, 0) is 0 Å². The van der Waals surface area contributed by atoms with Crippen molar-refractivity contribution in [1.82, 2.24) is 0 Å². The molecular weight excluding hydrogens is 202 g/mol. The van der Waals surface area contributed by atoms with Gasteiger partial charge in [-0.1, -0.05) is 34.8 Å². The van der Waals surface area contributed by atoms with Gasteiger partial charge in [0.15, 0.2) is 0 Å².